The van der Waals surface area contributed by atoms with E-state index in [1.54, 1.807) is 7.11 Å². The monoisotopic (exact) mass is 360 g/mol. The first-order valence-corrected chi connectivity index (χ1v) is 9.88. The molecule has 0 spiro atoms. The minimum absolute atomic E-state index is 0.120. The van der Waals surface area contributed by atoms with E-state index < -0.39 is 0 Å². The summed E-state index contributed by atoms with van der Waals surface area (Å²) in [5, 5.41) is 16.4. The zero-order valence-electron chi connectivity index (χ0n) is 16.0. The van der Waals surface area contributed by atoms with Crippen molar-refractivity contribution >= 4 is 5.91 Å². The quantitative estimate of drug-likeness (QED) is 0.697. The summed E-state index contributed by atoms with van der Waals surface area (Å²) in [6.07, 6.45) is 4.88. The van der Waals surface area contributed by atoms with Gasteiger partial charge in [0.2, 0.25) is 5.91 Å². The Morgan fingerprint density at radius 1 is 1.31 bits per heavy atom. The summed E-state index contributed by atoms with van der Waals surface area (Å²) in [4.78, 5) is 12.6. The van der Waals surface area contributed by atoms with E-state index in [1.165, 1.54) is 0 Å². The topological polar surface area (TPSA) is 70.6 Å². The van der Waals surface area contributed by atoms with Crippen molar-refractivity contribution in [3.63, 3.8) is 0 Å². The zero-order valence-corrected chi connectivity index (χ0v) is 16.0. The van der Waals surface area contributed by atoms with Gasteiger partial charge < -0.3 is 20.5 Å². The van der Waals surface area contributed by atoms with Crippen LogP contribution >= 0.6 is 0 Å². The molecule has 5 heteroatoms. The maximum absolute atomic E-state index is 12.6. The second-order valence-corrected chi connectivity index (χ2v) is 7.87. The molecule has 1 atom stereocenters. The van der Waals surface area contributed by atoms with Gasteiger partial charge in [0.15, 0.2) is 0 Å². The van der Waals surface area contributed by atoms with Gasteiger partial charge in [0.25, 0.3) is 0 Å². The van der Waals surface area contributed by atoms with Gasteiger partial charge in [-0.1, -0.05) is 12.1 Å². The zero-order chi connectivity index (χ0) is 18.5. The third-order valence-electron chi connectivity index (χ3n) is 5.99. The molecular weight excluding hydrogens is 328 g/mol. The first-order valence-electron chi connectivity index (χ1n) is 9.88. The fourth-order valence-corrected chi connectivity index (χ4v) is 4.28. The number of carbonyl (C=O) groups is 1. The van der Waals surface area contributed by atoms with E-state index in [0.717, 1.165) is 55.6 Å². The Labute approximate surface area is 156 Å². The lowest BCUT2D eigenvalue weighted by Crippen LogP contribution is -2.52. The van der Waals surface area contributed by atoms with Crippen LogP contribution in [0.2, 0.25) is 0 Å². The van der Waals surface area contributed by atoms with Gasteiger partial charge >= 0.3 is 0 Å². The summed E-state index contributed by atoms with van der Waals surface area (Å²) in [7, 11) is 1.68. The molecule has 26 heavy (non-hydrogen) atoms. The number of ether oxygens (including phenoxy) is 1. The first kappa shape index (κ1) is 19.2. The van der Waals surface area contributed by atoms with Gasteiger partial charge in [0, 0.05) is 12.5 Å². The van der Waals surface area contributed by atoms with Crippen LogP contribution in [0, 0.1) is 18.8 Å². The van der Waals surface area contributed by atoms with E-state index in [1.807, 2.05) is 19.1 Å². The average Bonchev–Trinajstić information content (AvgIpc) is 2.64. The third-order valence-corrected chi connectivity index (χ3v) is 5.99. The highest BCUT2D eigenvalue weighted by atomic mass is 16.5. The number of hydrogen-bond donors (Lipinski definition) is 3. The number of piperidine rings is 1. The summed E-state index contributed by atoms with van der Waals surface area (Å²) in [5.41, 5.74) is 2.23. The summed E-state index contributed by atoms with van der Waals surface area (Å²) >= 11 is 0. The largest absolute Gasteiger partial charge is 0.496 e. The molecular formula is C21H32N2O3. The highest BCUT2D eigenvalue weighted by Gasteiger charge is 2.39. The van der Waals surface area contributed by atoms with Crippen LogP contribution in [0.4, 0.5) is 0 Å². The van der Waals surface area contributed by atoms with Crippen LogP contribution in [0.1, 0.15) is 43.2 Å². The number of aryl methyl sites for hydroxylation is 2. The summed E-state index contributed by atoms with van der Waals surface area (Å²) in [6, 6.07) is 6.34. The van der Waals surface area contributed by atoms with Crippen molar-refractivity contribution < 1.29 is 14.6 Å². The number of rotatable bonds is 7. The molecule has 1 aliphatic carbocycles. The summed E-state index contributed by atoms with van der Waals surface area (Å²) in [6.45, 7) is 4.07. The third kappa shape index (κ3) is 4.77. The molecule has 3 rings (SSSR count). The van der Waals surface area contributed by atoms with Gasteiger partial charge in [-0.25, -0.2) is 0 Å². The number of nitrogens with one attached hydrogen (secondary N) is 2. The molecule has 1 aromatic rings. The summed E-state index contributed by atoms with van der Waals surface area (Å²) < 4.78 is 5.37. The molecule has 0 unspecified atom stereocenters. The standard InChI is InChI=1S/C21H32N2O3/c1-14-3-4-15(11-19(14)26-2)5-6-20(25)23-21(17-12-18(24)13-17)16-7-9-22-10-8-16/h3-4,11,16-18,21-22,24H,5-10,12-13H2,1-2H3,(H,23,25)/t17?,18?,21-/m1/s1. The van der Waals surface area contributed by atoms with Gasteiger partial charge in [-0.3, -0.25) is 4.79 Å². The Bertz CT molecular complexity index is 607. The van der Waals surface area contributed by atoms with Crippen LogP contribution in [-0.4, -0.2) is 43.4 Å². The average molecular weight is 360 g/mol. The maximum Gasteiger partial charge on any atom is 0.220 e. The molecule has 2 aliphatic rings. The van der Waals surface area contributed by atoms with E-state index in [9.17, 15) is 9.90 Å². The van der Waals surface area contributed by atoms with Crippen molar-refractivity contribution in [2.75, 3.05) is 20.2 Å². The molecule has 1 heterocycles. The molecule has 1 saturated heterocycles. The van der Waals surface area contributed by atoms with Gasteiger partial charge in [0.1, 0.15) is 5.75 Å². The minimum Gasteiger partial charge on any atom is -0.496 e. The number of hydrogen-bond acceptors (Lipinski definition) is 4. The molecule has 3 N–H and O–H groups in total. The van der Waals surface area contributed by atoms with Gasteiger partial charge in [-0.2, -0.15) is 0 Å². The molecule has 144 valence electrons. The van der Waals surface area contributed by atoms with Crippen molar-refractivity contribution in [3.8, 4) is 5.75 Å². The lowest BCUT2D eigenvalue weighted by Gasteiger charge is -2.43. The summed E-state index contributed by atoms with van der Waals surface area (Å²) in [5.74, 6) is 1.95. The molecule has 1 amide bonds. The van der Waals surface area contributed by atoms with E-state index in [2.05, 4.69) is 16.7 Å². The van der Waals surface area contributed by atoms with Crippen LogP contribution in [0.3, 0.4) is 0 Å². The van der Waals surface area contributed by atoms with Crippen molar-refractivity contribution in [1.29, 1.82) is 0 Å². The molecule has 1 saturated carbocycles. The number of benzene rings is 1. The van der Waals surface area contributed by atoms with E-state index >= 15 is 0 Å². The maximum atomic E-state index is 12.6. The van der Waals surface area contributed by atoms with E-state index in [-0.39, 0.29) is 18.1 Å². The highest BCUT2D eigenvalue weighted by Crippen LogP contribution is 2.35. The Kier molecular flexibility index (Phi) is 6.54. The van der Waals surface area contributed by atoms with E-state index in [0.29, 0.717) is 24.7 Å². The highest BCUT2D eigenvalue weighted by molar-refractivity contribution is 5.76. The van der Waals surface area contributed by atoms with E-state index in [4.69, 9.17) is 4.74 Å². The fraction of sp³-hybridized carbons (Fsp3) is 0.667. The Morgan fingerprint density at radius 2 is 2.04 bits per heavy atom. The molecule has 1 aliphatic heterocycles. The predicted molar refractivity (Wildman–Crippen MR) is 102 cm³/mol. The molecule has 1 aromatic carbocycles. The van der Waals surface area contributed by atoms with Crippen molar-refractivity contribution in [2.24, 2.45) is 11.8 Å². The number of amides is 1. The smallest absolute Gasteiger partial charge is 0.220 e. The van der Waals surface area contributed by atoms with Crippen LogP contribution < -0.4 is 15.4 Å². The number of methoxy groups -OCH3 is 1. The number of carbonyl (C=O) groups excluding carboxylic acids is 1. The SMILES string of the molecule is COc1cc(CCC(=O)N[C@H](C2CCNCC2)C2CC(O)C2)ccc1C. The number of aliphatic hydroxyl groups is 1. The number of aliphatic hydroxyl groups excluding tert-OH is 1. The molecule has 0 radical (unpaired) electrons. The second-order valence-electron chi connectivity index (χ2n) is 7.87. The van der Waals surface area contributed by atoms with Crippen molar-refractivity contribution in [2.45, 2.75) is 57.6 Å². The van der Waals surface area contributed by atoms with Crippen molar-refractivity contribution in [3.05, 3.63) is 29.3 Å². The Balaban J connectivity index is 1.55. The predicted octanol–water partition coefficient (Wildman–Crippen LogP) is 2.19. The lowest BCUT2D eigenvalue weighted by atomic mass is 9.71. The van der Waals surface area contributed by atoms with Gasteiger partial charge in [-0.05, 0) is 81.1 Å². The molecule has 5 nitrogen and oxygen atoms in total. The second kappa shape index (κ2) is 8.87. The molecule has 2 fully saturated rings. The van der Waals surface area contributed by atoms with Gasteiger partial charge in [0.05, 0.1) is 13.2 Å². The fourth-order valence-electron chi connectivity index (χ4n) is 4.28. The molecule has 0 bridgehead atoms. The van der Waals surface area contributed by atoms with Gasteiger partial charge in [-0.15, -0.1) is 0 Å². The van der Waals surface area contributed by atoms with Crippen LogP contribution in [0.25, 0.3) is 0 Å². The molecule has 0 aromatic heterocycles. The Hall–Kier alpha value is -1.59. The Morgan fingerprint density at radius 3 is 2.69 bits per heavy atom. The van der Waals surface area contributed by atoms with Crippen LogP contribution in [0.15, 0.2) is 18.2 Å². The van der Waals surface area contributed by atoms with Crippen molar-refractivity contribution in [1.82, 2.24) is 10.6 Å². The lowest BCUT2D eigenvalue weighted by molar-refractivity contribution is -0.123. The first-order chi connectivity index (χ1) is 12.6. The normalized spacial score (nSPS) is 24.6. The minimum atomic E-state index is -0.179. The van der Waals surface area contributed by atoms with Crippen LogP contribution in [-0.2, 0) is 11.2 Å². The van der Waals surface area contributed by atoms with Crippen LogP contribution in [0.5, 0.6) is 5.75 Å².